The van der Waals surface area contributed by atoms with Crippen LogP contribution in [0.4, 0.5) is 8.78 Å². The van der Waals surface area contributed by atoms with Crippen molar-refractivity contribution in [1.29, 1.82) is 0 Å². The normalized spacial score (nSPS) is 17.6. The maximum absolute atomic E-state index is 13.7. The van der Waals surface area contributed by atoms with Crippen molar-refractivity contribution in [2.75, 3.05) is 13.1 Å². The van der Waals surface area contributed by atoms with Crippen molar-refractivity contribution in [3.8, 4) is 5.88 Å². The Hall–Kier alpha value is -2.57. The van der Waals surface area contributed by atoms with Gasteiger partial charge in [0.25, 0.3) is 0 Å². The van der Waals surface area contributed by atoms with Crippen LogP contribution in [0.15, 0.2) is 36.5 Å². The van der Waals surface area contributed by atoms with Crippen LogP contribution < -0.4 is 4.74 Å². The fourth-order valence-electron chi connectivity index (χ4n) is 2.72. The number of hydrogen-bond donors (Lipinski definition) is 0. The first kappa shape index (κ1) is 16.3. The molecular weight excluding hydrogens is 316 g/mol. The van der Waals surface area contributed by atoms with E-state index in [1.54, 1.807) is 23.2 Å². The lowest BCUT2D eigenvalue weighted by Gasteiger charge is -2.32. The average Bonchev–Trinajstić information content (AvgIpc) is 2.58. The fraction of sp³-hybridized carbons (Fsp3) is 0.353. The summed E-state index contributed by atoms with van der Waals surface area (Å²) in [6.07, 6.45) is 2.90. The Morgan fingerprint density at radius 2 is 2.21 bits per heavy atom. The summed E-state index contributed by atoms with van der Waals surface area (Å²) in [5.74, 6) is -1.14. The molecule has 1 aromatic carbocycles. The molecule has 1 fully saturated rings. The molecule has 0 N–H and O–H groups in total. The number of aromatic nitrogens is 2. The van der Waals surface area contributed by atoms with Crippen molar-refractivity contribution in [3.63, 3.8) is 0 Å². The first-order valence-electron chi connectivity index (χ1n) is 7.78. The summed E-state index contributed by atoms with van der Waals surface area (Å²) >= 11 is 0. The molecule has 1 saturated heterocycles. The van der Waals surface area contributed by atoms with E-state index in [9.17, 15) is 13.6 Å². The van der Waals surface area contributed by atoms with E-state index in [1.807, 2.05) is 0 Å². The molecule has 7 heteroatoms. The molecule has 0 spiro atoms. The average molecular weight is 333 g/mol. The van der Waals surface area contributed by atoms with Gasteiger partial charge in [0.2, 0.25) is 11.8 Å². The number of likely N-dealkylation sites (tertiary alicyclic amines) is 1. The lowest BCUT2D eigenvalue weighted by Crippen LogP contribution is -2.45. The third-order valence-electron chi connectivity index (χ3n) is 3.92. The van der Waals surface area contributed by atoms with E-state index >= 15 is 0 Å². The zero-order valence-electron chi connectivity index (χ0n) is 13.0. The number of nitrogens with zero attached hydrogens (tertiary/aromatic N) is 3. The highest BCUT2D eigenvalue weighted by Gasteiger charge is 2.25. The molecule has 0 radical (unpaired) electrons. The minimum atomic E-state index is -0.701. The van der Waals surface area contributed by atoms with Gasteiger partial charge in [0.05, 0.1) is 13.0 Å². The summed E-state index contributed by atoms with van der Waals surface area (Å²) in [7, 11) is 0. The van der Waals surface area contributed by atoms with Crippen LogP contribution in [-0.4, -0.2) is 40.2 Å². The van der Waals surface area contributed by atoms with E-state index < -0.39 is 11.6 Å². The van der Waals surface area contributed by atoms with E-state index in [4.69, 9.17) is 4.74 Å². The molecule has 0 saturated carbocycles. The van der Waals surface area contributed by atoms with Crippen LogP contribution in [0, 0.1) is 11.6 Å². The molecule has 2 aromatic rings. The Balaban J connectivity index is 1.60. The Labute approximate surface area is 138 Å². The van der Waals surface area contributed by atoms with Gasteiger partial charge in [0, 0.05) is 24.9 Å². The van der Waals surface area contributed by atoms with Crippen LogP contribution in [0.3, 0.4) is 0 Å². The lowest BCUT2D eigenvalue weighted by atomic mass is 10.1. The van der Waals surface area contributed by atoms with Crippen LogP contribution in [0.5, 0.6) is 5.88 Å². The van der Waals surface area contributed by atoms with Crippen LogP contribution in [0.25, 0.3) is 0 Å². The quantitative estimate of drug-likeness (QED) is 0.862. The Morgan fingerprint density at radius 3 is 2.96 bits per heavy atom. The molecule has 0 aliphatic carbocycles. The first-order valence-corrected chi connectivity index (χ1v) is 7.78. The third kappa shape index (κ3) is 4.04. The molecule has 1 unspecified atom stereocenters. The second-order valence-corrected chi connectivity index (χ2v) is 5.70. The molecule has 1 aliphatic heterocycles. The summed E-state index contributed by atoms with van der Waals surface area (Å²) in [6, 6.07) is 6.69. The van der Waals surface area contributed by atoms with Gasteiger partial charge in [0.15, 0.2) is 0 Å². The van der Waals surface area contributed by atoms with E-state index in [1.165, 1.54) is 6.07 Å². The minimum absolute atomic E-state index is 0.0933. The zero-order chi connectivity index (χ0) is 16.9. The second kappa shape index (κ2) is 7.33. The Bertz CT molecular complexity index is 712. The number of halogens is 2. The van der Waals surface area contributed by atoms with Crippen molar-refractivity contribution < 1.29 is 18.3 Å². The van der Waals surface area contributed by atoms with Gasteiger partial charge < -0.3 is 9.64 Å². The van der Waals surface area contributed by atoms with Crippen molar-refractivity contribution in [3.05, 3.63) is 53.7 Å². The predicted octanol–water partition coefficient (Wildman–Crippen LogP) is 2.37. The number of benzene rings is 1. The zero-order valence-corrected chi connectivity index (χ0v) is 13.0. The summed E-state index contributed by atoms with van der Waals surface area (Å²) in [5.41, 5.74) is 0.193. The smallest absolute Gasteiger partial charge is 0.233 e. The van der Waals surface area contributed by atoms with Crippen molar-refractivity contribution >= 4 is 5.91 Å². The highest BCUT2D eigenvalue weighted by atomic mass is 19.1. The van der Waals surface area contributed by atoms with Gasteiger partial charge in [-0.25, -0.2) is 8.78 Å². The SMILES string of the molecule is O=C(Cc1ccc(F)cc1F)N1CCCC(Oc2cccnn2)C1. The van der Waals surface area contributed by atoms with Crippen LogP contribution in [0.2, 0.25) is 0 Å². The Kier molecular flexibility index (Phi) is 4.98. The molecule has 3 rings (SSSR count). The predicted molar refractivity (Wildman–Crippen MR) is 82.3 cm³/mol. The monoisotopic (exact) mass is 333 g/mol. The van der Waals surface area contributed by atoms with Gasteiger partial charge in [-0.2, -0.15) is 5.10 Å². The molecule has 126 valence electrons. The number of carbonyl (C=O) groups is 1. The van der Waals surface area contributed by atoms with E-state index in [0.29, 0.717) is 19.0 Å². The fourth-order valence-corrected chi connectivity index (χ4v) is 2.72. The van der Waals surface area contributed by atoms with Crippen LogP contribution in [0.1, 0.15) is 18.4 Å². The number of carbonyl (C=O) groups excluding carboxylic acids is 1. The van der Waals surface area contributed by atoms with E-state index in [0.717, 1.165) is 25.0 Å². The van der Waals surface area contributed by atoms with Crippen molar-refractivity contribution in [2.45, 2.75) is 25.4 Å². The van der Waals surface area contributed by atoms with Gasteiger partial charge in [0.1, 0.15) is 17.7 Å². The number of amides is 1. The molecule has 2 heterocycles. The molecule has 1 amide bonds. The number of piperidine rings is 1. The maximum Gasteiger partial charge on any atom is 0.233 e. The molecule has 1 aromatic heterocycles. The van der Waals surface area contributed by atoms with E-state index in [-0.39, 0.29) is 24.0 Å². The third-order valence-corrected chi connectivity index (χ3v) is 3.92. The van der Waals surface area contributed by atoms with Crippen LogP contribution in [-0.2, 0) is 11.2 Å². The topological polar surface area (TPSA) is 55.3 Å². The molecule has 5 nitrogen and oxygen atoms in total. The van der Waals surface area contributed by atoms with E-state index in [2.05, 4.69) is 10.2 Å². The highest BCUT2D eigenvalue weighted by Crippen LogP contribution is 2.18. The second-order valence-electron chi connectivity index (χ2n) is 5.70. The summed E-state index contributed by atoms with van der Waals surface area (Å²) in [4.78, 5) is 14.0. The number of rotatable bonds is 4. The summed E-state index contributed by atoms with van der Waals surface area (Å²) < 4.78 is 32.4. The summed E-state index contributed by atoms with van der Waals surface area (Å²) in [5, 5.41) is 7.62. The minimum Gasteiger partial charge on any atom is -0.471 e. The number of hydrogen-bond acceptors (Lipinski definition) is 4. The standard InChI is InChI=1S/C17H17F2N3O2/c18-13-6-5-12(15(19)10-13)9-17(23)22-8-2-3-14(11-22)24-16-4-1-7-20-21-16/h1,4-7,10,14H,2-3,8-9,11H2. The molecular formula is C17H17F2N3O2. The van der Waals surface area contributed by atoms with Gasteiger partial charge in [-0.3, -0.25) is 4.79 Å². The van der Waals surface area contributed by atoms with Gasteiger partial charge in [-0.1, -0.05) is 6.07 Å². The van der Waals surface area contributed by atoms with Gasteiger partial charge in [-0.05, 0) is 30.5 Å². The molecule has 0 bridgehead atoms. The van der Waals surface area contributed by atoms with Crippen LogP contribution >= 0.6 is 0 Å². The lowest BCUT2D eigenvalue weighted by molar-refractivity contribution is -0.133. The molecule has 24 heavy (non-hydrogen) atoms. The van der Waals surface area contributed by atoms with Gasteiger partial charge in [-0.15, -0.1) is 5.10 Å². The van der Waals surface area contributed by atoms with Crippen molar-refractivity contribution in [2.24, 2.45) is 0 Å². The number of ether oxygens (including phenoxy) is 1. The molecule has 1 atom stereocenters. The highest BCUT2D eigenvalue weighted by molar-refractivity contribution is 5.79. The maximum atomic E-state index is 13.7. The van der Waals surface area contributed by atoms with Crippen molar-refractivity contribution in [1.82, 2.24) is 15.1 Å². The first-order chi connectivity index (χ1) is 11.6. The van der Waals surface area contributed by atoms with Gasteiger partial charge >= 0.3 is 0 Å². The largest absolute Gasteiger partial charge is 0.471 e. The summed E-state index contributed by atoms with van der Waals surface area (Å²) in [6.45, 7) is 1.01. The Morgan fingerprint density at radius 1 is 1.33 bits per heavy atom. The molecule has 1 aliphatic rings.